The molecule has 1 aliphatic carbocycles. The summed E-state index contributed by atoms with van der Waals surface area (Å²) >= 11 is 0. The van der Waals surface area contributed by atoms with Gasteiger partial charge in [0.25, 0.3) is 0 Å². The fourth-order valence-electron chi connectivity index (χ4n) is 1.46. The lowest BCUT2D eigenvalue weighted by molar-refractivity contribution is 0.0957. The summed E-state index contributed by atoms with van der Waals surface area (Å²) in [5.74, 6) is 0.719. The summed E-state index contributed by atoms with van der Waals surface area (Å²) in [6, 6.07) is 6.13. The molecule has 3 nitrogen and oxygen atoms in total. The summed E-state index contributed by atoms with van der Waals surface area (Å²) in [4.78, 5) is 4.26. The van der Waals surface area contributed by atoms with Crippen molar-refractivity contribution >= 4 is 0 Å². The zero-order chi connectivity index (χ0) is 9.26. The molecule has 1 heterocycles. The summed E-state index contributed by atoms with van der Waals surface area (Å²) in [6.07, 6.45) is 2.19. The van der Waals surface area contributed by atoms with Crippen LogP contribution in [0.3, 0.4) is 0 Å². The van der Waals surface area contributed by atoms with Crippen molar-refractivity contribution in [3.63, 3.8) is 0 Å². The van der Waals surface area contributed by atoms with E-state index in [9.17, 15) is 0 Å². The van der Waals surface area contributed by atoms with E-state index >= 15 is 0 Å². The molecule has 1 aliphatic rings. The number of rotatable bonds is 2. The van der Waals surface area contributed by atoms with E-state index in [2.05, 4.69) is 4.98 Å². The number of hydrogen-bond donors (Lipinski definition) is 1. The smallest absolute Gasteiger partial charge is 0.213 e. The quantitative estimate of drug-likeness (QED) is 0.741. The van der Waals surface area contributed by atoms with Crippen molar-refractivity contribution in [3.8, 4) is 5.88 Å². The Hall–Kier alpha value is -1.09. The molecule has 70 valence electrons. The van der Waals surface area contributed by atoms with Gasteiger partial charge in [-0.25, -0.2) is 4.98 Å². The standard InChI is InChI=1S/C10H14N2O/c1-7-3-2-4-10(12-7)13-9-5-8(11)6-9/h2-4,8-9H,5-6,11H2,1H3. The Labute approximate surface area is 77.9 Å². The van der Waals surface area contributed by atoms with Crippen molar-refractivity contribution in [2.24, 2.45) is 5.73 Å². The van der Waals surface area contributed by atoms with Crippen LogP contribution in [0.1, 0.15) is 18.5 Å². The minimum absolute atomic E-state index is 0.282. The molecule has 2 rings (SSSR count). The molecule has 0 aliphatic heterocycles. The van der Waals surface area contributed by atoms with Gasteiger partial charge in [0.15, 0.2) is 0 Å². The average molecular weight is 178 g/mol. The number of nitrogens with zero attached hydrogens (tertiary/aromatic N) is 1. The molecule has 13 heavy (non-hydrogen) atoms. The zero-order valence-electron chi connectivity index (χ0n) is 7.73. The summed E-state index contributed by atoms with van der Waals surface area (Å²) in [5.41, 5.74) is 6.64. The molecule has 1 aromatic heterocycles. The maximum Gasteiger partial charge on any atom is 0.213 e. The molecular weight excluding hydrogens is 164 g/mol. The van der Waals surface area contributed by atoms with Gasteiger partial charge in [0.05, 0.1) is 0 Å². The van der Waals surface area contributed by atoms with E-state index in [1.807, 2.05) is 25.1 Å². The van der Waals surface area contributed by atoms with Crippen molar-refractivity contribution in [2.75, 3.05) is 0 Å². The molecule has 1 fully saturated rings. The van der Waals surface area contributed by atoms with Crippen LogP contribution in [0.5, 0.6) is 5.88 Å². The third kappa shape index (κ3) is 1.98. The van der Waals surface area contributed by atoms with Gasteiger partial charge in [-0.3, -0.25) is 0 Å². The molecule has 0 saturated heterocycles. The van der Waals surface area contributed by atoms with Crippen LogP contribution in [0, 0.1) is 6.92 Å². The van der Waals surface area contributed by atoms with E-state index in [-0.39, 0.29) is 6.10 Å². The molecular formula is C10H14N2O. The topological polar surface area (TPSA) is 48.1 Å². The highest BCUT2D eigenvalue weighted by Gasteiger charge is 2.27. The fourth-order valence-corrected chi connectivity index (χ4v) is 1.46. The van der Waals surface area contributed by atoms with E-state index in [0.29, 0.717) is 6.04 Å². The number of nitrogens with two attached hydrogens (primary N) is 1. The zero-order valence-corrected chi connectivity index (χ0v) is 7.73. The number of hydrogen-bond acceptors (Lipinski definition) is 3. The molecule has 0 aromatic carbocycles. The van der Waals surface area contributed by atoms with Crippen LogP contribution >= 0.6 is 0 Å². The van der Waals surface area contributed by atoms with Gasteiger partial charge < -0.3 is 10.5 Å². The molecule has 3 heteroatoms. The average Bonchev–Trinajstić information content (AvgIpc) is 2.01. The Kier molecular flexibility index (Phi) is 2.19. The first-order valence-corrected chi connectivity index (χ1v) is 4.60. The van der Waals surface area contributed by atoms with Crippen LogP contribution in [0.15, 0.2) is 18.2 Å². The summed E-state index contributed by atoms with van der Waals surface area (Å²) in [6.45, 7) is 1.96. The van der Waals surface area contributed by atoms with E-state index < -0.39 is 0 Å². The normalized spacial score (nSPS) is 26.6. The Morgan fingerprint density at radius 2 is 2.23 bits per heavy atom. The summed E-state index contributed by atoms with van der Waals surface area (Å²) < 4.78 is 5.61. The summed E-state index contributed by atoms with van der Waals surface area (Å²) in [7, 11) is 0. The number of aromatic nitrogens is 1. The molecule has 2 N–H and O–H groups in total. The molecule has 1 aromatic rings. The van der Waals surface area contributed by atoms with Gasteiger partial charge in [-0.1, -0.05) is 6.07 Å². The largest absolute Gasteiger partial charge is 0.474 e. The van der Waals surface area contributed by atoms with Gasteiger partial charge in [-0.05, 0) is 25.8 Å². The molecule has 0 unspecified atom stereocenters. The maximum absolute atomic E-state index is 5.65. The van der Waals surface area contributed by atoms with E-state index in [0.717, 1.165) is 24.4 Å². The number of aryl methyl sites for hydroxylation is 1. The van der Waals surface area contributed by atoms with Crippen LogP contribution in [0.4, 0.5) is 0 Å². The highest BCUT2D eigenvalue weighted by Crippen LogP contribution is 2.23. The van der Waals surface area contributed by atoms with Crippen molar-refractivity contribution in [3.05, 3.63) is 23.9 Å². The molecule has 0 atom stereocenters. The van der Waals surface area contributed by atoms with Crippen LogP contribution < -0.4 is 10.5 Å². The van der Waals surface area contributed by atoms with Crippen LogP contribution in [0.25, 0.3) is 0 Å². The van der Waals surface area contributed by atoms with Gasteiger partial charge >= 0.3 is 0 Å². The lowest BCUT2D eigenvalue weighted by Gasteiger charge is -2.32. The van der Waals surface area contributed by atoms with E-state index in [1.165, 1.54) is 0 Å². The predicted molar refractivity (Wildman–Crippen MR) is 50.6 cm³/mol. The van der Waals surface area contributed by atoms with Crippen LogP contribution in [0.2, 0.25) is 0 Å². The monoisotopic (exact) mass is 178 g/mol. The number of ether oxygens (including phenoxy) is 1. The first-order valence-electron chi connectivity index (χ1n) is 4.60. The third-order valence-corrected chi connectivity index (χ3v) is 2.28. The Bertz CT molecular complexity index is 295. The first kappa shape index (κ1) is 8.51. The highest BCUT2D eigenvalue weighted by atomic mass is 16.5. The van der Waals surface area contributed by atoms with Gasteiger partial charge in [-0.2, -0.15) is 0 Å². The van der Waals surface area contributed by atoms with Crippen molar-refractivity contribution in [2.45, 2.75) is 31.9 Å². The first-order chi connectivity index (χ1) is 6.24. The van der Waals surface area contributed by atoms with E-state index in [1.54, 1.807) is 0 Å². The minimum atomic E-state index is 0.282. The fraction of sp³-hybridized carbons (Fsp3) is 0.500. The predicted octanol–water partition coefficient (Wildman–Crippen LogP) is 1.26. The maximum atomic E-state index is 5.65. The van der Waals surface area contributed by atoms with Gasteiger partial charge in [0, 0.05) is 17.8 Å². The number of pyridine rings is 1. The van der Waals surface area contributed by atoms with Crippen molar-refractivity contribution < 1.29 is 4.74 Å². The van der Waals surface area contributed by atoms with Crippen molar-refractivity contribution in [1.82, 2.24) is 4.98 Å². The third-order valence-electron chi connectivity index (χ3n) is 2.28. The summed E-state index contributed by atoms with van der Waals surface area (Å²) in [5, 5.41) is 0. The molecule has 0 amide bonds. The second kappa shape index (κ2) is 3.34. The van der Waals surface area contributed by atoms with Gasteiger partial charge in [-0.15, -0.1) is 0 Å². The second-order valence-electron chi connectivity index (χ2n) is 3.59. The molecule has 1 saturated carbocycles. The Balaban J connectivity index is 1.94. The van der Waals surface area contributed by atoms with E-state index in [4.69, 9.17) is 10.5 Å². The SMILES string of the molecule is Cc1cccc(OC2CC(N)C2)n1. The van der Waals surface area contributed by atoms with Gasteiger partial charge in [0.1, 0.15) is 6.10 Å². The van der Waals surface area contributed by atoms with Crippen LogP contribution in [-0.2, 0) is 0 Å². The second-order valence-corrected chi connectivity index (χ2v) is 3.59. The minimum Gasteiger partial charge on any atom is -0.474 e. The van der Waals surface area contributed by atoms with Gasteiger partial charge in [0.2, 0.25) is 5.88 Å². The highest BCUT2D eigenvalue weighted by molar-refractivity contribution is 5.15. The molecule has 0 bridgehead atoms. The lowest BCUT2D eigenvalue weighted by atomic mass is 9.90. The molecule has 0 radical (unpaired) electrons. The Morgan fingerprint density at radius 3 is 2.85 bits per heavy atom. The van der Waals surface area contributed by atoms with Crippen molar-refractivity contribution in [1.29, 1.82) is 0 Å². The molecule has 0 spiro atoms. The lowest BCUT2D eigenvalue weighted by Crippen LogP contribution is -2.43. The van der Waals surface area contributed by atoms with Crippen LogP contribution in [-0.4, -0.2) is 17.1 Å². The Morgan fingerprint density at radius 1 is 1.46 bits per heavy atom.